The molecule has 2 N–H and O–H groups in total. The Labute approximate surface area is 153 Å². The summed E-state index contributed by atoms with van der Waals surface area (Å²) in [6.45, 7) is 1.30. The molecule has 7 nitrogen and oxygen atoms in total. The summed E-state index contributed by atoms with van der Waals surface area (Å²) >= 11 is 0. The van der Waals surface area contributed by atoms with Crippen molar-refractivity contribution in [2.45, 2.75) is 37.8 Å². The van der Waals surface area contributed by atoms with Gasteiger partial charge in [0.05, 0.1) is 18.7 Å². The second kappa shape index (κ2) is 8.31. The van der Waals surface area contributed by atoms with E-state index in [-0.39, 0.29) is 30.8 Å². The smallest absolute Gasteiger partial charge is 0.253 e. The molecule has 2 atom stereocenters. The van der Waals surface area contributed by atoms with E-state index in [1.165, 1.54) is 0 Å². The van der Waals surface area contributed by atoms with Crippen LogP contribution in [0, 0.1) is 0 Å². The van der Waals surface area contributed by atoms with Gasteiger partial charge in [0.1, 0.15) is 0 Å². The number of hydrogen-bond acceptors (Lipinski definition) is 4. The molecule has 7 heteroatoms. The molecular weight excluding hydrogens is 334 g/mol. The number of amides is 3. The van der Waals surface area contributed by atoms with Gasteiger partial charge in [0.25, 0.3) is 5.91 Å². The van der Waals surface area contributed by atoms with E-state index in [2.05, 4.69) is 5.32 Å². The summed E-state index contributed by atoms with van der Waals surface area (Å²) in [6, 6.07) is 8.55. The van der Waals surface area contributed by atoms with Crippen LogP contribution >= 0.6 is 0 Å². The molecule has 0 radical (unpaired) electrons. The van der Waals surface area contributed by atoms with Gasteiger partial charge in [0.2, 0.25) is 11.8 Å². The number of carbonyl (C=O) groups excluding carboxylic acids is 3. The molecule has 0 aromatic heterocycles. The molecule has 2 aliphatic heterocycles. The monoisotopic (exact) mass is 359 g/mol. The number of aliphatic hydroxyl groups excluding tert-OH is 1. The fraction of sp³-hybridized carbons (Fsp3) is 0.526. The van der Waals surface area contributed by atoms with Crippen LogP contribution in [0.15, 0.2) is 30.3 Å². The fourth-order valence-corrected chi connectivity index (χ4v) is 3.50. The quantitative estimate of drug-likeness (QED) is 0.814. The van der Waals surface area contributed by atoms with E-state index in [0.717, 1.165) is 12.8 Å². The highest BCUT2D eigenvalue weighted by Gasteiger charge is 2.32. The zero-order valence-electron chi connectivity index (χ0n) is 14.8. The van der Waals surface area contributed by atoms with E-state index in [4.69, 9.17) is 0 Å². The van der Waals surface area contributed by atoms with Crippen LogP contribution < -0.4 is 5.32 Å². The Morgan fingerprint density at radius 1 is 1.15 bits per heavy atom. The molecule has 0 spiro atoms. The number of hydrogen-bond donors (Lipinski definition) is 2. The first-order chi connectivity index (χ1) is 12.5. The third-order valence-corrected chi connectivity index (χ3v) is 4.99. The van der Waals surface area contributed by atoms with Crippen LogP contribution in [0.25, 0.3) is 0 Å². The first-order valence-corrected chi connectivity index (χ1v) is 9.14. The van der Waals surface area contributed by atoms with Crippen molar-refractivity contribution in [3.05, 3.63) is 35.9 Å². The van der Waals surface area contributed by atoms with Gasteiger partial charge in [-0.25, -0.2) is 0 Å². The first kappa shape index (κ1) is 18.4. The average molecular weight is 359 g/mol. The van der Waals surface area contributed by atoms with E-state index in [0.29, 0.717) is 31.5 Å². The lowest BCUT2D eigenvalue weighted by Gasteiger charge is -2.36. The molecule has 26 heavy (non-hydrogen) atoms. The lowest BCUT2D eigenvalue weighted by atomic mass is 10.0. The number of nitrogens with one attached hydrogen (secondary N) is 1. The van der Waals surface area contributed by atoms with Gasteiger partial charge < -0.3 is 20.2 Å². The molecule has 2 heterocycles. The van der Waals surface area contributed by atoms with Crippen molar-refractivity contribution >= 4 is 17.7 Å². The van der Waals surface area contributed by atoms with Crippen molar-refractivity contribution in [1.82, 2.24) is 15.1 Å². The third-order valence-electron chi connectivity index (χ3n) is 4.99. The summed E-state index contributed by atoms with van der Waals surface area (Å²) in [6.07, 6.45) is 1.96. The summed E-state index contributed by atoms with van der Waals surface area (Å²) in [4.78, 5) is 39.6. The number of aliphatic hydroxyl groups is 1. The Balaban J connectivity index is 1.50. The number of rotatable bonds is 4. The molecule has 0 saturated carbocycles. The SMILES string of the molecule is O=C(CN1CCCCC1=O)N[C@@H]1CCN(C(=O)c2ccccc2)C[C@H]1O. The van der Waals surface area contributed by atoms with Crippen molar-refractivity contribution < 1.29 is 19.5 Å². The summed E-state index contributed by atoms with van der Waals surface area (Å²) in [5.41, 5.74) is 0.589. The molecule has 2 fully saturated rings. The van der Waals surface area contributed by atoms with Crippen molar-refractivity contribution in [1.29, 1.82) is 0 Å². The molecule has 2 saturated heterocycles. The van der Waals surface area contributed by atoms with Crippen LogP contribution in [0.4, 0.5) is 0 Å². The van der Waals surface area contributed by atoms with E-state index in [9.17, 15) is 19.5 Å². The summed E-state index contributed by atoms with van der Waals surface area (Å²) in [5.74, 6) is -0.365. The van der Waals surface area contributed by atoms with Crippen LogP contribution in [0.1, 0.15) is 36.0 Å². The summed E-state index contributed by atoms with van der Waals surface area (Å²) in [5, 5.41) is 13.2. The van der Waals surface area contributed by atoms with Crippen LogP contribution in [0.3, 0.4) is 0 Å². The minimum Gasteiger partial charge on any atom is -0.389 e. The fourth-order valence-electron chi connectivity index (χ4n) is 3.50. The number of nitrogens with zero attached hydrogens (tertiary/aromatic N) is 2. The summed E-state index contributed by atoms with van der Waals surface area (Å²) < 4.78 is 0. The van der Waals surface area contributed by atoms with Crippen LogP contribution in [-0.4, -0.2) is 71.0 Å². The number of carbonyl (C=O) groups is 3. The molecule has 1 aromatic rings. The van der Waals surface area contributed by atoms with Crippen molar-refractivity contribution in [2.75, 3.05) is 26.2 Å². The van der Waals surface area contributed by atoms with Gasteiger partial charge in [-0.1, -0.05) is 18.2 Å². The third kappa shape index (κ3) is 4.40. The highest BCUT2D eigenvalue weighted by molar-refractivity contribution is 5.94. The van der Waals surface area contributed by atoms with E-state index in [1.807, 2.05) is 6.07 Å². The van der Waals surface area contributed by atoms with Gasteiger partial charge in [0, 0.05) is 31.6 Å². The van der Waals surface area contributed by atoms with Crippen LogP contribution in [0.5, 0.6) is 0 Å². The molecule has 3 rings (SSSR count). The molecule has 0 bridgehead atoms. The van der Waals surface area contributed by atoms with E-state index in [1.54, 1.807) is 34.1 Å². The Hall–Kier alpha value is -2.41. The number of piperidine rings is 2. The maximum Gasteiger partial charge on any atom is 0.253 e. The van der Waals surface area contributed by atoms with Crippen molar-refractivity contribution in [3.8, 4) is 0 Å². The molecule has 0 aliphatic carbocycles. The first-order valence-electron chi connectivity index (χ1n) is 9.14. The molecule has 2 aliphatic rings. The normalized spacial score (nSPS) is 23.7. The van der Waals surface area contributed by atoms with E-state index >= 15 is 0 Å². The molecule has 140 valence electrons. The molecule has 1 aromatic carbocycles. The number of likely N-dealkylation sites (tertiary alicyclic amines) is 2. The second-order valence-electron chi connectivity index (χ2n) is 6.92. The minimum absolute atomic E-state index is 0.00947. The topological polar surface area (TPSA) is 90.0 Å². The van der Waals surface area contributed by atoms with Gasteiger partial charge in [-0.2, -0.15) is 0 Å². The van der Waals surface area contributed by atoms with Crippen LogP contribution in [-0.2, 0) is 9.59 Å². The zero-order chi connectivity index (χ0) is 18.5. The standard InChI is InChI=1S/C19H25N3O4/c23-16-12-22(19(26)14-6-2-1-3-7-14)11-9-15(16)20-17(24)13-21-10-5-4-8-18(21)25/h1-3,6-7,15-16,23H,4-5,8-13H2,(H,20,24)/t15-,16-/m1/s1. The predicted octanol–water partition coefficient (Wildman–Crippen LogP) is 0.391. The maximum absolute atomic E-state index is 12.5. The minimum atomic E-state index is -0.822. The Kier molecular flexibility index (Phi) is 5.88. The Bertz CT molecular complexity index is 664. The number of β-amino-alcohol motifs (C(OH)–C–C–N with tert-alkyl or cyclic N) is 1. The molecule has 0 unspecified atom stereocenters. The van der Waals surface area contributed by atoms with Crippen molar-refractivity contribution in [2.24, 2.45) is 0 Å². The Morgan fingerprint density at radius 3 is 2.62 bits per heavy atom. The van der Waals surface area contributed by atoms with Gasteiger partial charge in [-0.05, 0) is 31.4 Å². The van der Waals surface area contributed by atoms with Gasteiger partial charge in [-0.3, -0.25) is 14.4 Å². The van der Waals surface area contributed by atoms with Gasteiger partial charge >= 0.3 is 0 Å². The molecule has 3 amide bonds. The molecular formula is C19H25N3O4. The van der Waals surface area contributed by atoms with Gasteiger partial charge in [-0.15, -0.1) is 0 Å². The zero-order valence-corrected chi connectivity index (χ0v) is 14.8. The number of benzene rings is 1. The largest absolute Gasteiger partial charge is 0.389 e. The van der Waals surface area contributed by atoms with Crippen molar-refractivity contribution in [3.63, 3.8) is 0 Å². The second-order valence-corrected chi connectivity index (χ2v) is 6.92. The maximum atomic E-state index is 12.5. The lowest BCUT2D eigenvalue weighted by Crippen LogP contribution is -2.56. The lowest BCUT2D eigenvalue weighted by molar-refractivity contribution is -0.138. The Morgan fingerprint density at radius 2 is 1.92 bits per heavy atom. The average Bonchev–Trinajstić information content (AvgIpc) is 2.65. The predicted molar refractivity (Wildman–Crippen MR) is 95.3 cm³/mol. The summed E-state index contributed by atoms with van der Waals surface area (Å²) in [7, 11) is 0. The van der Waals surface area contributed by atoms with Crippen LogP contribution in [0.2, 0.25) is 0 Å². The highest BCUT2D eigenvalue weighted by Crippen LogP contribution is 2.15. The highest BCUT2D eigenvalue weighted by atomic mass is 16.3. The van der Waals surface area contributed by atoms with E-state index < -0.39 is 12.1 Å². The van der Waals surface area contributed by atoms with Gasteiger partial charge in [0.15, 0.2) is 0 Å².